The normalized spacial score (nSPS) is 19.1. The maximum absolute atomic E-state index is 12.9. The summed E-state index contributed by atoms with van der Waals surface area (Å²) in [6, 6.07) is 6.19. The highest BCUT2D eigenvalue weighted by Crippen LogP contribution is 2.38. The van der Waals surface area contributed by atoms with Gasteiger partial charge in [-0.1, -0.05) is 6.07 Å². The number of benzene rings is 1. The van der Waals surface area contributed by atoms with E-state index in [1.54, 1.807) is 23.2 Å². The molecule has 1 atom stereocenters. The molecule has 0 spiro atoms. The third-order valence-electron chi connectivity index (χ3n) is 5.15. The number of aromatic nitrogens is 3. The molecule has 3 N–H and O–H groups in total. The summed E-state index contributed by atoms with van der Waals surface area (Å²) in [7, 11) is 0. The van der Waals surface area contributed by atoms with Crippen molar-refractivity contribution in [1.82, 2.24) is 19.9 Å². The van der Waals surface area contributed by atoms with Crippen molar-refractivity contribution in [2.24, 2.45) is 0 Å². The molecule has 4 rings (SSSR count). The van der Waals surface area contributed by atoms with Crippen molar-refractivity contribution in [3.63, 3.8) is 0 Å². The van der Waals surface area contributed by atoms with Crippen LogP contribution in [0.3, 0.4) is 0 Å². The standard InChI is InChI=1S/C21H20F3N5O3S/c1-12-6-13(8-14(7-12)27-19-25-4-2-16(28-19)21(22,23)24)15-9-26-18(33-15)20(32)3-5-29(11-20)10-17(30)31/h2,4,6-9,32H,3,5,10-11H2,1H3,(H,30,31)(H,25,27,28). The number of hydrogen-bond donors (Lipinski definition) is 3. The third-order valence-corrected chi connectivity index (χ3v) is 6.39. The Bertz CT molecular complexity index is 1190. The number of nitrogens with zero attached hydrogens (tertiary/aromatic N) is 4. The predicted molar refractivity (Wildman–Crippen MR) is 115 cm³/mol. The molecule has 3 aromatic rings. The third kappa shape index (κ3) is 5.29. The Morgan fingerprint density at radius 1 is 1.30 bits per heavy atom. The average molecular weight is 479 g/mol. The average Bonchev–Trinajstić information content (AvgIpc) is 3.35. The number of nitrogens with one attached hydrogen (secondary N) is 1. The summed E-state index contributed by atoms with van der Waals surface area (Å²) in [6.45, 7) is 2.33. The van der Waals surface area contributed by atoms with Crippen molar-refractivity contribution in [2.75, 3.05) is 25.0 Å². The number of carboxylic acid groups (broad SMARTS) is 1. The molecule has 0 saturated carbocycles. The number of β-amino-alcohol motifs (C(OH)–C–C–N with tert-alkyl or cyclic N) is 1. The Balaban J connectivity index is 1.56. The second-order valence-electron chi connectivity index (χ2n) is 7.89. The molecule has 8 nitrogen and oxygen atoms in total. The lowest BCUT2D eigenvalue weighted by Gasteiger charge is -2.20. The van der Waals surface area contributed by atoms with E-state index in [1.165, 1.54) is 11.3 Å². The van der Waals surface area contributed by atoms with E-state index in [2.05, 4.69) is 20.3 Å². The molecule has 0 radical (unpaired) electrons. The minimum atomic E-state index is -4.57. The zero-order valence-corrected chi connectivity index (χ0v) is 18.2. The van der Waals surface area contributed by atoms with Gasteiger partial charge in [0.05, 0.1) is 11.4 Å². The Morgan fingerprint density at radius 2 is 2.09 bits per heavy atom. The number of hydrogen-bond acceptors (Lipinski definition) is 8. The zero-order valence-electron chi connectivity index (χ0n) is 17.4. The van der Waals surface area contributed by atoms with Gasteiger partial charge in [0, 0.05) is 31.2 Å². The maximum Gasteiger partial charge on any atom is 0.433 e. The molecule has 0 bridgehead atoms. The van der Waals surface area contributed by atoms with Gasteiger partial charge in [0.15, 0.2) is 0 Å². The second kappa shape index (κ2) is 8.69. The molecule has 3 heterocycles. The van der Waals surface area contributed by atoms with E-state index in [1.807, 2.05) is 13.0 Å². The van der Waals surface area contributed by atoms with Crippen LogP contribution in [0.15, 0.2) is 36.7 Å². The van der Waals surface area contributed by atoms with Gasteiger partial charge in [0.2, 0.25) is 5.95 Å². The Hall–Kier alpha value is -3.09. The Kier molecular flexibility index (Phi) is 6.08. The smallest absolute Gasteiger partial charge is 0.433 e. The first-order valence-electron chi connectivity index (χ1n) is 9.94. The molecule has 174 valence electrons. The van der Waals surface area contributed by atoms with Gasteiger partial charge >= 0.3 is 12.1 Å². The van der Waals surface area contributed by atoms with Crippen LogP contribution in [0, 0.1) is 6.92 Å². The van der Waals surface area contributed by atoms with Gasteiger partial charge < -0.3 is 15.5 Å². The molecule has 1 unspecified atom stereocenters. The number of carboxylic acids is 1. The molecule has 12 heteroatoms. The van der Waals surface area contributed by atoms with Crippen LogP contribution in [-0.2, 0) is 16.6 Å². The van der Waals surface area contributed by atoms with Crippen LogP contribution in [0.25, 0.3) is 10.4 Å². The number of aliphatic hydroxyl groups is 1. The van der Waals surface area contributed by atoms with Crippen LogP contribution < -0.4 is 5.32 Å². The summed E-state index contributed by atoms with van der Waals surface area (Å²) < 4.78 is 38.8. The number of rotatable bonds is 6. The van der Waals surface area contributed by atoms with E-state index in [9.17, 15) is 23.1 Å². The fourth-order valence-electron chi connectivity index (χ4n) is 3.70. The lowest BCUT2D eigenvalue weighted by molar-refractivity contribution is -0.141. The molecule has 1 aliphatic heterocycles. The summed E-state index contributed by atoms with van der Waals surface area (Å²) in [4.78, 5) is 25.1. The van der Waals surface area contributed by atoms with Crippen molar-refractivity contribution in [3.8, 4) is 10.4 Å². The quantitative estimate of drug-likeness (QED) is 0.491. The molecule has 1 saturated heterocycles. The van der Waals surface area contributed by atoms with Crippen molar-refractivity contribution >= 4 is 28.9 Å². The molecular formula is C21H20F3N5O3S. The Labute approximate surface area is 190 Å². The number of alkyl halides is 3. The minimum absolute atomic E-state index is 0.148. The fraction of sp³-hybridized carbons (Fsp3) is 0.333. The van der Waals surface area contributed by atoms with Crippen molar-refractivity contribution in [1.29, 1.82) is 0 Å². The molecular weight excluding hydrogens is 459 g/mol. The second-order valence-corrected chi connectivity index (χ2v) is 8.92. The SMILES string of the molecule is Cc1cc(Nc2nccc(C(F)(F)F)n2)cc(-c2cnc(C3(O)CCN(CC(=O)O)C3)s2)c1. The minimum Gasteiger partial charge on any atom is -0.480 e. The number of aryl methyl sites for hydroxylation is 1. The highest BCUT2D eigenvalue weighted by molar-refractivity contribution is 7.15. The number of aliphatic carboxylic acids is 1. The molecule has 1 aliphatic rings. The van der Waals surface area contributed by atoms with Crippen LogP contribution in [-0.4, -0.2) is 55.7 Å². The van der Waals surface area contributed by atoms with Crippen LogP contribution in [0.2, 0.25) is 0 Å². The predicted octanol–water partition coefficient (Wildman–Crippen LogP) is 3.65. The first-order chi connectivity index (χ1) is 15.5. The lowest BCUT2D eigenvalue weighted by atomic mass is 10.1. The van der Waals surface area contributed by atoms with Crippen molar-refractivity contribution in [3.05, 3.63) is 52.9 Å². The monoisotopic (exact) mass is 479 g/mol. The largest absolute Gasteiger partial charge is 0.480 e. The van der Waals surface area contributed by atoms with Crippen LogP contribution >= 0.6 is 11.3 Å². The summed E-state index contributed by atoms with van der Waals surface area (Å²) in [5.41, 5.74) is -0.149. The van der Waals surface area contributed by atoms with E-state index >= 15 is 0 Å². The number of likely N-dealkylation sites (tertiary alicyclic amines) is 1. The van der Waals surface area contributed by atoms with Gasteiger partial charge in [-0.05, 0) is 42.7 Å². The lowest BCUT2D eigenvalue weighted by Crippen LogP contribution is -2.33. The van der Waals surface area contributed by atoms with Gasteiger partial charge in [0.25, 0.3) is 0 Å². The molecule has 2 aromatic heterocycles. The van der Waals surface area contributed by atoms with Crippen molar-refractivity contribution < 1.29 is 28.2 Å². The topological polar surface area (TPSA) is 111 Å². The molecule has 33 heavy (non-hydrogen) atoms. The fourth-order valence-corrected chi connectivity index (χ4v) is 4.71. The van der Waals surface area contributed by atoms with E-state index in [0.717, 1.165) is 28.3 Å². The van der Waals surface area contributed by atoms with Crippen LogP contribution in [0.4, 0.5) is 24.8 Å². The van der Waals surface area contributed by atoms with Gasteiger partial charge in [-0.15, -0.1) is 11.3 Å². The maximum atomic E-state index is 12.9. The number of anilines is 2. The van der Waals surface area contributed by atoms with Gasteiger partial charge in [-0.2, -0.15) is 13.2 Å². The van der Waals surface area contributed by atoms with Crippen LogP contribution in [0.5, 0.6) is 0 Å². The van der Waals surface area contributed by atoms with Crippen molar-refractivity contribution in [2.45, 2.75) is 25.1 Å². The van der Waals surface area contributed by atoms with Crippen LogP contribution in [0.1, 0.15) is 22.7 Å². The van der Waals surface area contributed by atoms with Gasteiger partial charge in [0.1, 0.15) is 16.3 Å². The zero-order chi connectivity index (χ0) is 23.8. The molecule has 1 aromatic carbocycles. The first-order valence-corrected chi connectivity index (χ1v) is 10.8. The van der Waals surface area contributed by atoms with E-state index in [-0.39, 0.29) is 19.0 Å². The number of carbonyl (C=O) groups is 1. The molecule has 1 fully saturated rings. The summed E-state index contributed by atoms with van der Waals surface area (Å²) in [6.07, 6.45) is -1.53. The Morgan fingerprint density at radius 3 is 2.82 bits per heavy atom. The summed E-state index contributed by atoms with van der Waals surface area (Å²) in [5, 5.41) is 23.3. The van der Waals surface area contributed by atoms with E-state index < -0.39 is 23.4 Å². The molecule has 0 aliphatic carbocycles. The first kappa shape index (κ1) is 23.1. The highest BCUT2D eigenvalue weighted by atomic mass is 32.1. The number of thiazole rings is 1. The van der Waals surface area contributed by atoms with E-state index in [0.29, 0.717) is 23.7 Å². The summed E-state index contributed by atoms with van der Waals surface area (Å²) in [5.74, 6) is -1.13. The number of halogens is 3. The molecule has 0 amide bonds. The van der Waals surface area contributed by atoms with E-state index in [4.69, 9.17) is 5.11 Å². The van der Waals surface area contributed by atoms with Gasteiger partial charge in [-0.25, -0.2) is 15.0 Å². The highest BCUT2D eigenvalue weighted by Gasteiger charge is 2.40. The van der Waals surface area contributed by atoms with Gasteiger partial charge in [-0.3, -0.25) is 9.69 Å². The summed E-state index contributed by atoms with van der Waals surface area (Å²) >= 11 is 1.29.